The minimum absolute atomic E-state index is 0.176. The highest BCUT2D eigenvalue weighted by Crippen LogP contribution is 2.28. The fourth-order valence-electron chi connectivity index (χ4n) is 3.24. The van der Waals surface area contributed by atoms with Crippen molar-refractivity contribution < 1.29 is 14.3 Å². The van der Waals surface area contributed by atoms with Crippen LogP contribution in [0.2, 0.25) is 0 Å². The maximum Gasteiger partial charge on any atom is 0.248 e. The first kappa shape index (κ1) is 20.7. The van der Waals surface area contributed by atoms with Gasteiger partial charge in [0.25, 0.3) is 0 Å². The number of anilines is 2. The summed E-state index contributed by atoms with van der Waals surface area (Å²) in [5.74, 6) is 1.16. The Bertz CT molecular complexity index is 841. The molecule has 6 nitrogen and oxygen atoms in total. The van der Waals surface area contributed by atoms with Crippen LogP contribution in [0.1, 0.15) is 12.5 Å². The molecule has 0 aromatic heterocycles. The van der Waals surface area contributed by atoms with E-state index in [1.54, 1.807) is 13.2 Å². The number of nitrogens with one attached hydrogen (secondary N) is 1. The Labute approximate surface area is 172 Å². The number of hydrogen-bond acceptors (Lipinski definition) is 5. The van der Waals surface area contributed by atoms with Gasteiger partial charge in [0, 0.05) is 43.6 Å². The molecule has 1 N–H and O–H groups in total. The van der Waals surface area contributed by atoms with E-state index in [0.717, 1.165) is 37.4 Å². The van der Waals surface area contributed by atoms with E-state index in [1.165, 1.54) is 11.8 Å². The van der Waals surface area contributed by atoms with Crippen LogP contribution in [0.5, 0.6) is 11.5 Å². The van der Waals surface area contributed by atoms with Gasteiger partial charge in [0.15, 0.2) is 11.5 Å². The first-order chi connectivity index (χ1) is 14.1. The number of likely N-dealkylation sites (N-methyl/N-ethyl adjacent to an activating group) is 1. The first-order valence-corrected chi connectivity index (χ1v) is 9.92. The Morgan fingerprint density at radius 1 is 1.07 bits per heavy atom. The average Bonchev–Trinajstić information content (AvgIpc) is 2.74. The largest absolute Gasteiger partial charge is 0.493 e. The lowest BCUT2D eigenvalue weighted by atomic mass is 10.2. The number of nitrogens with zero attached hydrogens (tertiary/aromatic N) is 2. The van der Waals surface area contributed by atoms with Crippen molar-refractivity contribution in [2.75, 3.05) is 57.2 Å². The Morgan fingerprint density at radius 3 is 2.45 bits per heavy atom. The number of piperazine rings is 1. The standard InChI is InChI=1S/C23H29N3O3/c1-4-29-21-11-5-18(17-22(21)28-3)6-12-23(27)24-19-7-9-20(10-8-19)26-15-13-25(2)14-16-26/h5-12,17H,4,13-16H2,1-3H3,(H,24,27)/b12-6+. The van der Waals surface area contributed by atoms with Crippen molar-refractivity contribution in [1.29, 1.82) is 0 Å². The second-order valence-corrected chi connectivity index (χ2v) is 7.00. The zero-order valence-corrected chi connectivity index (χ0v) is 17.4. The van der Waals surface area contributed by atoms with Gasteiger partial charge < -0.3 is 24.6 Å². The van der Waals surface area contributed by atoms with Crippen molar-refractivity contribution in [3.05, 3.63) is 54.1 Å². The van der Waals surface area contributed by atoms with Crippen LogP contribution in [0.3, 0.4) is 0 Å². The Morgan fingerprint density at radius 2 is 1.79 bits per heavy atom. The molecule has 0 aliphatic carbocycles. The van der Waals surface area contributed by atoms with Gasteiger partial charge in [0.1, 0.15) is 0 Å². The smallest absolute Gasteiger partial charge is 0.248 e. The highest BCUT2D eigenvalue weighted by atomic mass is 16.5. The minimum atomic E-state index is -0.176. The molecule has 6 heteroatoms. The number of rotatable bonds is 7. The van der Waals surface area contributed by atoms with Crippen LogP contribution in [0.4, 0.5) is 11.4 Å². The van der Waals surface area contributed by atoms with Crippen LogP contribution in [0.25, 0.3) is 6.08 Å². The van der Waals surface area contributed by atoms with Crippen molar-refractivity contribution in [2.45, 2.75) is 6.92 Å². The molecule has 1 aliphatic rings. The van der Waals surface area contributed by atoms with E-state index < -0.39 is 0 Å². The summed E-state index contributed by atoms with van der Waals surface area (Å²) in [7, 11) is 3.75. The molecule has 0 atom stereocenters. The van der Waals surface area contributed by atoms with E-state index in [-0.39, 0.29) is 5.91 Å². The summed E-state index contributed by atoms with van der Waals surface area (Å²) in [6.45, 7) is 6.68. The van der Waals surface area contributed by atoms with Crippen LogP contribution < -0.4 is 19.7 Å². The van der Waals surface area contributed by atoms with Crippen molar-refractivity contribution in [2.24, 2.45) is 0 Å². The van der Waals surface area contributed by atoms with Gasteiger partial charge in [-0.2, -0.15) is 0 Å². The molecule has 0 saturated carbocycles. The molecule has 1 fully saturated rings. The summed E-state index contributed by atoms with van der Waals surface area (Å²) in [4.78, 5) is 17.0. The molecular formula is C23H29N3O3. The van der Waals surface area contributed by atoms with E-state index >= 15 is 0 Å². The van der Waals surface area contributed by atoms with Gasteiger partial charge in [-0.15, -0.1) is 0 Å². The Hall–Kier alpha value is -2.99. The third-order valence-electron chi connectivity index (χ3n) is 4.92. The van der Waals surface area contributed by atoms with Gasteiger partial charge >= 0.3 is 0 Å². The van der Waals surface area contributed by atoms with Gasteiger partial charge in [-0.25, -0.2) is 0 Å². The van der Waals surface area contributed by atoms with Crippen molar-refractivity contribution in [3.8, 4) is 11.5 Å². The molecule has 0 bridgehead atoms. The fraction of sp³-hybridized carbons (Fsp3) is 0.348. The molecule has 1 heterocycles. The zero-order chi connectivity index (χ0) is 20.6. The predicted molar refractivity (Wildman–Crippen MR) is 118 cm³/mol. The number of methoxy groups -OCH3 is 1. The van der Waals surface area contributed by atoms with Crippen LogP contribution in [0.15, 0.2) is 48.5 Å². The lowest BCUT2D eigenvalue weighted by Crippen LogP contribution is -2.44. The van der Waals surface area contributed by atoms with E-state index in [2.05, 4.69) is 34.3 Å². The van der Waals surface area contributed by atoms with E-state index in [0.29, 0.717) is 18.1 Å². The molecule has 0 unspecified atom stereocenters. The van der Waals surface area contributed by atoms with Gasteiger partial charge in [-0.05, 0) is 62.0 Å². The molecule has 2 aromatic carbocycles. The van der Waals surface area contributed by atoms with Gasteiger partial charge in [0.2, 0.25) is 5.91 Å². The minimum Gasteiger partial charge on any atom is -0.493 e. The van der Waals surface area contributed by atoms with Crippen molar-refractivity contribution in [3.63, 3.8) is 0 Å². The van der Waals surface area contributed by atoms with Crippen LogP contribution in [-0.2, 0) is 4.79 Å². The lowest BCUT2D eigenvalue weighted by Gasteiger charge is -2.34. The monoisotopic (exact) mass is 395 g/mol. The summed E-state index contributed by atoms with van der Waals surface area (Å²) in [5, 5.41) is 2.90. The van der Waals surface area contributed by atoms with Crippen LogP contribution in [0, 0.1) is 0 Å². The van der Waals surface area contributed by atoms with Gasteiger partial charge in [-0.1, -0.05) is 6.07 Å². The molecule has 1 saturated heterocycles. The number of amides is 1. The SMILES string of the molecule is CCOc1ccc(/C=C/C(=O)Nc2ccc(N3CCN(C)CC3)cc2)cc1OC. The second kappa shape index (κ2) is 9.98. The summed E-state index contributed by atoms with van der Waals surface area (Å²) in [5.41, 5.74) is 2.83. The molecule has 154 valence electrons. The summed E-state index contributed by atoms with van der Waals surface area (Å²) >= 11 is 0. The first-order valence-electron chi connectivity index (χ1n) is 9.92. The molecule has 0 spiro atoms. The summed E-state index contributed by atoms with van der Waals surface area (Å²) < 4.78 is 10.9. The van der Waals surface area contributed by atoms with E-state index in [1.807, 2.05) is 37.3 Å². The number of ether oxygens (including phenoxy) is 2. The normalized spacial score (nSPS) is 14.8. The van der Waals surface area contributed by atoms with Crippen molar-refractivity contribution in [1.82, 2.24) is 4.90 Å². The lowest BCUT2D eigenvalue weighted by molar-refractivity contribution is -0.111. The molecule has 2 aromatic rings. The molecule has 3 rings (SSSR count). The third kappa shape index (κ3) is 5.74. The summed E-state index contributed by atoms with van der Waals surface area (Å²) in [6, 6.07) is 13.6. The van der Waals surface area contributed by atoms with Gasteiger partial charge in [-0.3, -0.25) is 4.79 Å². The zero-order valence-electron chi connectivity index (χ0n) is 17.4. The Kier molecular flexibility index (Phi) is 7.14. The molecule has 1 amide bonds. The molecule has 0 radical (unpaired) electrons. The van der Waals surface area contributed by atoms with E-state index in [4.69, 9.17) is 9.47 Å². The highest BCUT2D eigenvalue weighted by molar-refractivity contribution is 6.02. The average molecular weight is 396 g/mol. The number of benzene rings is 2. The maximum absolute atomic E-state index is 12.3. The summed E-state index contributed by atoms with van der Waals surface area (Å²) in [6.07, 6.45) is 3.27. The van der Waals surface area contributed by atoms with Gasteiger partial charge in [0.05, 0.1) is 13.7 Å². The number of hydrogen-bond donors (Lipinski definition) is 1. The predicted octanol–water partition coefficient (Wildman–Crippen LogP) is 3.50. The topological polar surface area (TPSA) is 54.0 Å². The van der Waals surface area contributed by atoms with Crippen molar-refractivity contribution >= 4 is 23.4 Å². The molecule has 29 heavy (non-hydrogen) atoms. The second-order valence-electron chi connectivity index (χ2n) is 7.00. The van der Waals surface area contributed by atoms with E-state index in [9.17, 15) is 4.79 Å². The number of carbonyl (C=O) groups is 1. The third-order valence-corrected chi connectivity index (χ3v) is 4.92. The molecular weight excluding hydrogens is 366 g/mol. The quantitative estimate of drug-likeness (QED) is 0.728. The number of carbonyl (C=O) groups excluding carboxylic acids is 1. The Balaban J connectivity index is 1.57. The van der Waals surface area contributed by atoms with Crippen LogP contribution >= 0.6 is 0 Å². The maximum atomic E-state index is 12.3. The fourth-order valence-corrected chi connectivity index (χ4v) is 3.24. The molecule has 1 aliphatic heterocycles. The highest BCUT2D eigenvalue weighted by Gasteiger charge is 2.14. The van der Waals surface area contributed by atoms with Crippen LogP contribution in [-0.4, -0.2) is 57.8 Å².